The molecule has 1 atom stereocenters. The van der Waals surface area contributed by atoms with Gasteiger partial charge in [-0.25, -0.2) is 0 Å². The molecule has 8 nitrogen and oxygen atoms in total. The molecule has 0 radical (unpaired) electrons. The number of hydrogen-bond donors (Lipinski definition) is 2. The molecule has 0 saturated carbocycles. The lowest BCUT2D eigenvalue weighted by Crippen LogP contribution is -2.30. The molecule has 0 spiro atoms. The molecular formula is C23H29N5O3S. The SMILES string of the molecule is CCC(CC)c1nnc(NC(=O)C2CC(=O)N(CCc3c[nH]c4ccc(OC)cc34)C2)s1. The van der Waals surface area contributed by atoms with E-state index in [1.165, 1.54) is 11.3 Å². The number of aromatic amines is 1. The van der Waals surface area contributed by atoms with Crippen LogP contribution in [0, 0.1) is 5.92 Å². The van der Waals surface area contributed by atoms with Gasteiger partial charge in [-0.2, -0.15) is 0 Å². The van der Waals surface area contributed by atoms with Crippen LogP contribution >= 0.6 is 11.3 Å². The second kappa shape index (κ2) is 9.68. The Labute approximate surface area is 191 Å². The van der Waals surface area contributed by atoms with Crippen LogP contribution in [0.5, 0.6) is 5.75 Å². The van der Waals surface area contributed by atoms with E-state index in [2.05, 4.69) is 34.3 Å². The molecule has 1 aromatic carbocycles. The largest absolute Gasteiger partial charge is 0.497 e. The first-order chi connectivity index (χ1) is 15.5. The highest BCUT2D eigenvalue weighted by Crippen LogP contribution is 2.29. The van der Waals surface area contributed by atoms with E-state index in [1.54, 1.807) is 12.0 Å². The number of carbonyl (C=O) groups excluding carboxylic acids is 2. The lowest BCUT2D eigenvalue weighted by atomic mass is 10.1. The fourth-order valence-electron chi connectivity index (χ4n) is 4.21. The monoisotopic (exact) mass is 455 g/mol. The second-order valence-corrected chi connectivity index (χ2v) is 9.17. The van der Waals surface area contributed by atoms with Crippen molar-refractivity contribution < 1.29 is 14.3 Å². The van der Waals surface area contributed by atoms with Crippen LogP contribution in [0.25, 0.3) is 10.9 Å². The first-order valence-electron chi connectivity index (χ1n) is 11.1. The number of amides is 2. The number of H-pyrrole nitrogens is 1. The Morgan fingerprint density at radius 2 is 2.16 bits per heavy atom. The van der Waals surface area contributed by atoms with E-state index in [0.717, 1.165) is 40.1 Å². The van der Waals surface area contributed by atoms with Crippen LogP contribution in [-0.2, 0) is 16.0 Å². The third kappa shape index (κ3) is 4.62. The molecule has 3 aromatic rings. The number of ether oxygens (including phenoxy) is 1. The molecule has 4 rings (SSSR count). The number of nitrogens with one attached hydrogen (secondary N) is 2. The number of aromatic nitrogens is 3. The number of benzene rings is 1. The standard InChI is InChI=1S/C23H29N5O3S/c1-4-14(5-2)22-26-27-23(32-22)25-21(30)16-10-20(29)28(13-16)9-8-15-12-24-19-7-6-17(31-3)11-18(15)19/h6-7,11-12,14,16,24H,4-5,8-10,13H2,1-3H3,(H,25,27,30). The molecule has 1 fully saturated rings. The van der Waals surface area contributed by atoms with E-state index in [9.17, 15) is 9.59 Å². The molecule has 2 N–H and O–H groups in total. The van der Waals surface area contributed by atoms with Crippen LogP contribution in [0.15, 0.2) is 24.4 Å². The number of carbonyl (C=O) groups is 2. The molecule has 2 aromatic heterocycles. The van der Waals surface area contributed by atoms with Crippen molar-refractivity contribution in [3.05, 3.63) is 35.0 Å². The van der Waals surface area contributed by atoms with Crippen molar-refractivity contribution in [2.75, 3.05) is 25.5 Å². The van der Waals surface area contributed by atoms with Gasteiger partial charge in [-0.1, -0.05) is 25.2 Å². The molecule has 9 heteroatoms. The number of methoxy groups -OCH3 is 1. The lowest BCUT2D eigenvalue weighted by molar-refractivity contribution is -0.128. The summed E-state index contributed by atoms with van der Waals surface area (Å²) in [7, 11) is 1.65. The van der Waals surface area contributed by atoms with Crippen molar-refractivity contribution in [3.63, 3.8) is 0 Å². The van der Waals surface area contributed by atoms with Crippen molar-refractivity contribution in [2.24, 2.45) is 5.92 Å². The van der Waals surface area contributed by atoms with Gasteiger partial charge in [0, 0.05) is 42.5 Å². The molecule has 0 bridgehead atoms. The van der Waals surface area contributed by atoms with E-state index < -0.39 is 0 Å². The zero-order valence-corrected chi connectivity index (χ0v) is 19.5. The Kier molecular flexibility index (Phi) is 6.74. The van der Waals surface area contributed by atoms with Crippen LogP contribution in [0.4, 0.5) is 5.13 Å². The maximum atomic E-state index is 12.7. The van der Waals surface area contributed by atoms with E-state index in [0.29, 0.717) is 30.6 Å². The van der Waals surface area contributed by atoms with Crippen LogP contribution in [0.1, 0.15) is 49.6 Å². The highest BCUT2D eigenvalue weighted by atomic mass is 32.1. The summed E-state index contributed by atoms with van der Waals surface area (Å²) in [5.74, 6) is 0.649. The van der Waals surface area contributed by atoms with Gasteiger partial charge in [-0.15, -0.1) is 10.2 Å². The van der Waals surface area contributed by atoms with E-state index in [-0.39, 0.29) is 24.2 Å². The third-order valence-corrected chi connectivity index (χ3v) is 7.22. The van der Waals surface area contributed by atoms with Crippen molar-refractivity contribution >= 4 is 39.2 Å². The fourth-order valence-corrected chi connectivity index (χ4v) is 5.22. The van der Waals surface area contributed by atoms with Gasteiger partial charge in [-0.3, -0.25) is 9.59 Å². The number of rotatable bonds is 9. The van der Waals surface area contributed by atoms with Crippen LogP contribution < -0.4 is 10.1 Å². The van der Waals surface area contributed by atoms with Crippen molar-refractivity contribution in [3.8, 4) is 5.75 Å². The van der Waals surface area contributed by atoms with Crippen LogP contribution in [0.2, 0.25) is 0 Å². The maximum absolute atomic E-state index is 12.7. The summed E-state index contributed by atoms with van der Waals surface area (Å²) in [6, 6.07) is 5.91. The summed E-state index contributed by atoms with van der Waals surface area (Å²) >= 11 is 1.43. The topological polar surface area (TPSA) is 100 Å². The molecule has 2 amide bonds. The lowest BCUT2D eigenvalue weighted by Gasteiger charge is -2.16. The number of hydrogen-bond acceptors (Lipinski definition) is 6. The highest BCUT2D eigenvalue weighted by Gasteiger charge is 2.34. The Balaban J connectivity index is 1.34. The summed E-state index contributed by atoms with van der Waals surface area (Å²) in [5, 5.41) is 13.8. The molecule has 1 aliphatic rings. The normalized spacial score (nSPS) is 16.3. The van der Waals surface area contributed by atoms with Crippen LogP contribution in [-0.4, -0.2) is 52.1 Å². The average molecular weight is 456 g/mol. The van der Waals surface area contributed by atoms with Gasteiger partial charge in [-0.05, 0) is 43.0 Å². The number of anilines is 1. The molecule has 170 valence electrons. The van der Waals surface area contributed by atoms with Crippen molar-refractivity contribution in [1.29, 1.82) is 0 Å². The molecular weight excluding hydrogens is 426 g/mol. The Morgan fingerprint density at radius 3 is 2.91 bits per heavy atom. The summed E-state index contributed by atoms with van der Waals surface area (Å²) in [4.78, 5) is 30.3. The summed E-state index contributed by atoms with van der Waals surface area (Å²) in [6.45, 7) is 5.25. The second-order valence-electron chi connectivity index (χ2n) is 8.16. The molecule has 1 saturated heterocycles. The fraction of sp³-hybridized carbons (Fsp3) is 0.478. The van der Waals surface area contributed by atoms with Gasteiger partial charge in [0.05, 0.1) is 13.0 Å². The number of fused-ring (bicyclic) bond motifs is 1. The van der Waals surface area contributed by atoms with Gasteiger partial charge in [0.15, 0.2) is 0 Å². The molecule has 0 aliphatic carbocycles. The molecule has 32 heavy (non-hydrogen) atoms. The molecule has 3 heterocycles. The predicted octanol–water partition coefficient (Wildman–Crippen LogP) is 3.96. The zero-order valence-electron chi connectivity index (χ0n) is 18.7. The Bertz CT molecular complexity index is 1100. The molecule has 1 aliphatic heterocycles. The summed E-state index contributed by atoms with van der Waals surface area (Å²) < 4.78 is 5.33. The van der Waals surface area contributed by atoms with Gasteiger partial charge in [0.25, 0.3) is 0 Å². The Morgan fingerprint density at radius 1 is 1.34 bits per heavy atom. The van der Waals surface area contributed by atoms with E-state index in [4.69, 9.17) is 4.74 Å². The van der Waals surface area contributed by atoms with Crippen molar-refractivity contribution in [1.82, 2.24) is 20.1 Å². The van der Waals surface area contributed by atoms with Gasteiger partial charge < -0.3 is 19.9 Å². The Hall–Kier alpha value is -2.94. The highest BCUT2D eigenvalue weighted by molar-refractivity contribution is 7.15. The first-order valence-corrected chi connectivity index (χ1v) is 11.9. The number of likely N-dealkylation sites (tertiary alicyclic amines) is 1. The smallest absolute Gasteiger partial charge is 0.231 e. The average Bonchev–Trinajstić information content (AvgIpc) is 3.52. The van der Waals surface area contributed by atoms with Gasteiger partial charge in [0.2, 0.25) is 16.9 Å². The zero-order chi connectivity index (χ0) is 22.7. The minimum atomic E-state index is -0.369. The minimum absolute atomic E-state index is 0.0116. The van der Waals surface area contributed by atoms with E-state index in [1.807, 2.05) is 24.4 Å². The van der Waals surface area contributed by atoms with E-state index >= 15 is 0 Å². The van der Waals surface area contributed by atoms with Gasteiger partial charge in [0.1, 0.15) is 10.8 Å². The first kappa shape index (κ1) is 22.3. The third-order valence-electron chi connectivity index (χ3n) is 6.22. The summed E-state index contributed by atoms with van der Waals surface area (Å²) in [6.07, 6.45) is 4.90. The molecule has 1 unspecified atom stereocenters. The summed E-state index contributed by atoms with van der Waals surface area (Å²) in [5.41, 5.74) is 2.16. The predicted molar refractivity (Wildman–Crippen MR) is 125 cm³/mol. The minimum Gasteiger partial charge on any atom is -0.497 e. The quantitative estimate of drug-likeness (QED) is 0.509. The maximum Gasteiger partial charge on any atom is 0.231 e. The van der Waals surface area contributed by atoms with Crippen LogP contribution in [0.3, 0.4) is 0 Å². The number of nitrogens with zero attached hydrogens (tertiary/aromatic N) is 3. The van der Waals surface area contributed by atoms with Gasteiger partial charge >= 0.3 is 0 Å². The van der Waals surface area contributed by atoms with Crippen molar-refractivity contribution in [2.45, 2.75) is 45.4 Å².